The predicted molar refractivity (Wildman–Crippen MR) is 68.8 cm³/mol. The van der Waals surface area contributed by atoms with Gasteiger partial charge in [-0.1, -0.05) is 17.7 Å². The van der Waals surface area contributed by atoms with Crippen molar-refractivity contribution in [2.75, 3.05) is 0 Å². The number of tetrazole rings is 1. The molecule has 20 heavy (non-hydrogen) atoms. The maximum absolute atomic E-state index is 13.4. The third kappa shape index (κ3) is 2.49. The fraction of sp³-hybridized carbons (Fsp3) is 0.333. The lowest BCUT2D eigenvalue weighted by atomic mass is 10.1. The van der Waals surface area contributed by atoms with E-state index in [1.807, 2.05) is 0 Å². The van der Waals surface area contributed by atoms with Gasteiger partial charge in [0.05, 0.1) is 12.1 Å². The van der Waals surface area contributed by atoms with Crippen molar-refractivity contribution >= 4 is 17.5 Å². The first-order valence-electron chi connectivity index (χ1n) is 6.04. The molecule has 104 valence electrons. The number of aromatic nitrogens is 4. The highest BCUT2D eigenvalue weighted by Crippen LogP contribution is 2.41. The lowest BCUT2D eigenvalue weighted by Crippen LogP contribution is -2.27. The molecule has 1 fully saturated rings. The van der Waals surface area contributed by atoms with Crippen molar-refractivity contribution in [2.24, 2.45) is 7.05 Å². The van der Waals surface area contributed by atoms with Crippen molar-refractivity contribution in [1.29, 1.82) is 0 Å². The summed E-state index contributed by atoms with van der Waals surface area (Å²) in [6.45, 7) is 0. The van der Waals surface area contributed by atoms with Crippen LogP contribution in [-0.4, -0.2) is 32.2 Å². The third-order valence-corrected chi connectivity index (χ3v) is 3.50. The van der Waals surface area contributed by atoms with Crippen LogP contribution >= 0.6 is 11.6 Å². The first-order valence-corrected chi connectivity index (χ1v) is 6.42. The molecule has 6 nitrogen and oxygen atoms in total. The van der Waals surface area contributed by atoms with Crippen LogP contribution in [0.3, 0.4) is 0 Å². The second-order valence-corrected chi connectivity index (χ2v) is 5.11. The van der Waals surface area contributed by atoms with Crippen molar-refractivity contribution in [3.63, 3.8) is 0 Å². The molecule has 2 atom stereocenters. The Morgan fingerprint density at radius 1 is 1.55 bits per heavy atom. The summed E-state index contributed by atoms with van der Waals surface area (Å²) in [5.41, 5.74) is 0.823. The van der Waals surface area contributed by atoms with Crippen molar-refractivity contribution in [2.45, 2.75) is 18.4 Å². The second kappa shape index (κ2) is 4.82. The summed E-state index contributed by atoms with van der Waals surface area (Å²) in [7, 11) is 1.58. The van der Waals surface area contributed by atoms with E-state index < -0.39 is 5.82 Å². The van der Waals surface area contributed by atoms with Crippen LogP contribution in [-0.2, 0) is 7.05 Å². The molecule has 1 aromatic carbocycles. The van der Waals surface area contributed by atoms with Gasteiger partial charge < -0.3 is 5.32 Å². The topological polar surface area (TPSA) is 72.7 Å². The van der Waals surface area contributed by atoms with Crippen LogP contribution in [0.15, 0.2) is 18.2 Å². The van der Waals surface area contributed by atoms with E-state index in [4.69, 9.17) is 11.6 Å². The van der Waals surface area contributed by atoms with Crippen molar-refractivity contribution in [1.82, 2.24) is 25.5 Å². The van der Waals surface area contributed by atoms with Gasteiger partial charge in [-0.15, -0.1) is 10.2 Å². The molecule has 1 heterocycles. The number of hydrogen-bond donors (Lipinski definition) is 1. The fourth-order valence-electron chi connectivity index (χ4n) is 2.07. The predicted octanol–water partition coefficient (Wildman–Crippen LogP) is 1.29. The van der Waals surface area contributed by atoms with E-state index in [0.717, 1.165) is 12.0 Å². The van der Waals surface area contributed by atoms with Gasteiger partial charge in [0.1, 0.15) is 5.82 Å². The molecule has 1 aliphatic rings. The SMILES string of the molecule is Cn1nnc(C(=O)N[C@@H]2C[C@H]2c2ccc(Cl)c(F)c2)n1. The highest BCUT2D eigenvalue weighted by molar-refractivity contribution is 6.30. The molecule has 1 aliphatic carbocycles. The van der Waals surface area contributed by atoms with Crippen molar-refractivity contribution in [3.05, 3.63) is 40.4 Å². The molecule has 0 spiro atoms. The smallest absolute Gasteiger partial charge is 0.293 e. The molecular weight excluding hydrogens is 285 g/mol. The van der Waals surface area contributed by atoms with Crippen LogP contribution in [0.2, 0.25) is 5.02 Å². The van der Waals surface area contributed by atoms with E-state index >= 15 is 0 Å². The fourth-order valence-corrected chi connectivity index (χ4v) is 2.19. The van der Waals surface area contributed by atoms with E-state index in [2.05, 4.69) is 20.7 Å². The van der Waals surface area contributed by atoms with Crippen molar-refractivity contribution in [3.8, 4) is 0 Å². The Hall–Kier alpha value is -2.02. The molecular formula is C12H11ClFN5O. The minimum Gasteiger partial charge on any atom is -0.346 e. The molecule has 2 aromatic rings. The number of amides is 1. The number of carbonyl (C=O) groups excluding carboxylic acids is 1. The zero-order valence-electron chi connectivity index (χ0n) is 10.5. The van der Waals surface area contributed by atoms with Crippen LogP contribution in [0, 0.1) is 5.82 Å². The number of rotatable bonds is 3. The number of nitrogens with zero attached hydrogens (tertiary/aromatic N) is 4. The number of hydrogen-bond acceptors (Lipinski definition) is 4. The molecule has 8 heteroatoms. The molecule has 1 saturated carbocycles. The number of benzene rings is 1. The third-order valence-electron chi connectivity index (χ3n) is 3.19. The van der Waals surface area contributed by atoms with E-state index in [-0.39, 0.29) is 28.7 Å². The zero-order valence-corrected chi connectivity index (χ0v) is 11.3. The Labute approximate surface area is 118 Å². The Morgan fingerprint density at radius 3 is 3.00 bits per heavy atom. The lowest BCUT2D eigenvalue weighted by molar-refractivity contribution is 0.0939. The van der Waals surface area contributed by atoms with E-state index in [9.17, 15) is 9.18 Å². The summed E-state index contributed by atoms with van der Waals surface area (Å²) in [5, 5.41) is 13.9. The molecule has 0 aliphatic heterocycles. The Morgan fingerprint density at radius 2 is 2.35 bits per heavy atom. The molecule has 1 aromatic heterocycles. The van der Waals surface area contributed by atoms with E-state index in [0.29, 0.717) is 0 Å². The summed E-state index contributed by atoms with van der Waals surface area (Å²) < 4.78 is 13.4. The van der Waals surface area contributed by atoms with E-state index in [1.54, 1.807) is 13.1 Å². The maximum atomic E-state index is 13.4. The Balaban J connectivity index is 1.64. The van der Waals surface area contributed by atoms with Gasteiger partial charge in [0.15, 0.2) is 0 Å². The molecule has 3 rings (SSSR count). The molecule has 0 saturated heterocycles. The maximum Gasteiger partial charge on any atom is 0.293 e. The minimum absolute atomic E-state index is 0.0282. The largest absolute Gasteiger partial charge is 0.346 e. The van der Waals surface area contributed by atoms with Gasteiger partial charge in [-0.05, 0) is 29.3 Å². The summed E-state index contributed by atoms with van der Waals surface area (Å²) in [5.74, 6) is -0.695. The van der Waals surface area contributed by atoms with Crippen LogP contribution in [0.5, 0.6) is 0 Å². The van der Waals surface area contributed by atoms with Gasteiger partial charge in [-0.25, -0.2) is 4.39 Å². The molecule has 0 unspecified atom stereocenters. The highest BCUT2D eigenvalue weighted by atomic mass is 35.5. The molecule has 1 amide bonds. The summed E-state index contributed by atoms with van der Waals surface area (Å²) in [4.78, 5) is 13.0. The Bertz CT molecular complexity index is 674. The number of aryl methyl sites for hydroxylation is 1. The van der Waals surface area contributed by atoms with Gasteiger partial charge in [0.2, 0.25) is 0 Å². The standard InChI is InChI=1S/C12H11ClFN5O/c1-19-17-11(16-18-19)12(20)15-10-5-7(10)6-2-3-8(13)9(14)4-6/h2-4,7,10H,5H2,1H3,(H,15,20)/t7-,10+/m0/s1. The quantitative estimate of drug-likeness (QED) is 0.926. The summed E-state index contributed by atoms with van der Waals surface area (Å²) in [6, 6.07) is 4.66. The normalized spacial score (nSPS) is 20.8. The summed E-state index contributed by atoms with van der Waals surface area (Å²) in [6.07, 6.45) is 0.757. The van der Waals surface area contributed by atoms with Crippen molar-refractivity contribution < 1.29 is 9.18 Å². The highest BCUT2D eigenvalue weighted by Gasteiger charge is 2.40. The van der Waals surface area contributed by atoms with Gasteiger partial charge in [0.25, 0.3) is 11.7 Å². The van der Waals surface area contributed by atoms with Crippen LogP contribution < -0.4 is 5.32 Å². The van der Waals surface area contributed by atoms with Crippen LogP contribution in [0.4, 0.5) is 4.39 Å². The number of halogens is 2. The zero-order chi connectivity index (χ0) is 14.3. The van der Waals surface area contributed by atoms with Crippen LogP contribution in [0.25, 0.3) is 0 Å². The average molecular weight is 296 g/mol. The first-order chi connectivity index (χ1) is 9.54. The lowest BCUT2D eigenvalue weighted by Gasteiger charge is -2.03. The van der Waals surface area contributed by atoms with Gasteiger partial charge in [-0.2, -0.15) is 4.80 Å². The van der Waals surface area contributed by atoms with Gasteiger partial charge in [-0.3, -0.25) is 4.79 Å². The minimum atomic E-state index is -0.447. The monoisotopic (exact) mass is 295 g/mol. The Kier molecular flexibility index (Phi) is 3.13. The van der Waals surface area contributed by atoms with E-state index in [1.165, 1.54) is 16.9 Å². The van der Waals surface area contributed by atoms with Gasteiger partial charge in [0, 0.05) is 12.0 Å². The van der Waals surface area contributed by atoms with Crippen LogP contribution in [0.1, 0.15) is 28.5 Å². The summed E-state index contributed by atoms with van der Waals surface area (Å²) >= 11 is 5.64. The molecule has 1 N–H and O–H groups in total. The first kappa shape index (κ1) is 13.0. The molecule has 0 radical (unpaired) electrons. The second-order valence-electron chi connectivity index (χ2n) is 4.70. The van der Waals surface area contributed by atoms with Gasteiger partial charge >= 0.3 is 0 Å². The number of carbonyl (C=O) groups is 1. The number of nitrogens with one attached hydrogen (secondary N) is 1. The molecule has 0 bridgehead atoms. The average Bonchev–Trinajstić information content (AvgIpc) is 3.03.